The number of nitrogens with one attached hydrogen (secondary N) is 2. The highest BCUT2D eigenvalue weighted by Gasteiger charge is 2.13. The van der Waals surface area contributed by atoms with E-state index in [9.17, 15) is 9.59 Å². The molecule has 2 N–H and O–H groups in total. The molecule has 0 aliphatic heterocycles. The average molecular weight is 396 g/mol. The summed E-state index contributed by atoms with van der Waals surface area (Å²) in [6, 6.07) is 13.6. The van der Waals surface area contributed by atoms with Crippen molar-refractivity contribution >= 4 is 46.0 Å². The average Bonchev–Trinajstić information content (AvgIpc) is 2.47. The highest BCUT2D eigenvalue weighted by atomic mass is 127. The Hall–Kier alpha value is -2.09. The number of rotatable bonds is 3. The molecule has 0 radical (unpaired) electrons. The van der Waals surface area contributed by atoms with E-state index in [0.29, 0.717) is 16.9 Å². The number of hydrogen-bond acceptors (Lipinski definition) is 3. The van der Waals surface area contributed by atoms with Gasteiger partial charge in [0, 0.05) is 9.26 Å². The van der Waals surface area contributed by atoms with Crippen LogP contribution in [0.1, 0.15) is 10.4 Å². The number of benzene rings is 2. The molecule has 5 nitrogen and oxygen atoms in total. The molecule has 0 unspecified atom stereocenters. The number of methoxy groups -OCH3 is 1. The number of carbonyl (C=O) groups excluding carboxylic acids is 2. The van der Waals surface area contributed by atoms with Crippen LogP contribution in [-0.4, -0.2) is 19.1 Å². The molecule has 0 atom stereocenters. The topological polar surface area (TPSA) is 67.4 Å². The molecule has 0 aromatic heterocycles. The van der Waals surface area contributed by atoms with E-state index < -0.39 is 12.0 Å². The molecular weight excluding hydrogens is 383 g/mol. The molecule has 0 saturated carbocycles. The first-order valence-electron chi connectivity index (χ1n) is 6.11. The first-order valence-corrected chi connectivity index (χ1v) is 7.19. The van der Waals surface area contributed by atoms with Crippen LogP contribution in [0.15, 0.2) is 48.5 Å². The van der Waals surface area contributed by atoms with Gasteiger partial charge in [-0.1, -0.05) is 18.2 Å². The Morgan fingerprint density at radius 1 is 1.05 bits per heavy atom. The van der Waals surface area contributed by atoms with Crippen molar-refractivity contribution < 1.29 is 14.3 Å². The number of esters is 1. The van der Waals surface area contributed by atoms with E-state index in [1.165, 1.54) is 7.11 Å². The zero-order chi connectivity index (χ0) is 15.2. The second-order valence-corrected chi connectivity index (χ2v) is 5.37. The predicted molar refractivity (Wildman–Crippen MR) is 89.6 cm³/mol. The summed E-state index contributed by atoms with van der Waals surface area (Å²) in [5.74, 6) is -0.500. The van der Waals surface area contributed by atoms with Crippen molar-refractivity contribution in [1.82, 2.24) is 0 Å². The molecule has 108 valence electrons. The molecule has 0 aliphatic rings. The van der Waals surface area contributed by atoms with E-state index in [1.54, 1.807) is 30.3 Å². The fraction of sp³-hybridized carbons (Fsp3) is 0.0667. The fourth-order valence-electron chi connectivity index (χ4n) is 1.73. The van der Waals surface area contributed by atoms with Gasteiger partial charge in [0.25, 0.3) is 0 Å². The third kappa shape index (κ3) is 4.19. The summed E-state index contributed by atoms with van der Waals surface area (Å²) < 4.78 is 5.70. The van der Waals surface area contributed by atoms with Crippen molar-refractivity contribution in [2.45, 2.75) is 0 Å². The normalized spacial score (nSPS) is 9.81. The summed E-state index contributed by atoms with van der Waals surface area (Å²) in [5.41, 5.74) is 1.38. The lowest BCUT2D eigenvalue weighted by molar-refractivity contribution is 0.0602. The summed E-state index contributed by atoms with van der Waals surface area (Å²) in [5, 5.41) is 5.35. The molecule has 2 aromatic rings. The third-order valence-electron chi connectivity index (χ3n) is 2.66. The smallest absolute Gasteiger partial charge is 0.339 e. The van der Waals surface area contributed by atoms with Gasteiger partial charge in [0.2, 0.25) is 0 Å². The maximum absolute atomic E-state index is 12.0. The van der Waals surface area contributed by atoms with Crippen LogP contribution in [-0.2, 0) is 4.74 Å². The van der Waals surface area contributed by atoms with E-state index >= 15 is 0 Å². The van der Waals surface area contributed by atoms with Gasteiger partial charge in [0.05, 0.1) is 18.4 Å². The van der Waals surface area contributed by atoms with Crippen molar-refractivity contribution in [1.29, 1.82) is 0 Å². The van der Waals surface area contributed by atoms with Gasteiger partial charge in [-0.25, -0.2) is 9.59 Å². The van der Waals surface area contributed by atoms with Gasteiger partial charge >= 0.3 is 12.0 Å². The van der Waals surface area contributed by atoms with Gasteiger partial charge in [-0.2, -0.15) is 0 Å². The first-order chi connectivity index (χ1) is 10.1. The Kier molecular flexibility index (Phi) is 5.15. The van der Waals surface area contributed by atoms with E-state index in [1.807, 2.05) is 18.2 Å². The van der Waals surface area contributed by atoms with Gasteiger partial charge in [-0.05, 0) is 52.9 Å². The number of halogens is 1. The van der Waals surface area contributed by atoms with Gasteiger partial charge in [0.1, 0.15) is 0 Å². The lowest BCUT2D eigenvalue weighted by Crippen LogP contribution is -2.21. The third-order valence-corrected chi connectivity index (χ3v) is 3.33. The quantitative estimate of drug-likeness (QED) is 0.614. The van der Waals surface area contributed by atoms with Gasteiger partial charge < -0.3 is 15.4 Å². The van der Waals surface area contributed by atoms with Gasteiger partial charge in [0.15, 0.2) is 0 Å². The molecule has 0 bridgehead atoms. The number of urea groups is 1. The van der Waals surface area contributed by atoms with Crippen LogP contribution < -0.4 is 10.6 Å². The van der Waals surface area contributed by atoms with Crippen molar-refractivity contribution in [3.05, 3.63) is 57.7 Å². The van der Waals surface area contributed by atoms with Crippen LogP contribution in [0.3, 0.4) is 0 Å². The Bertz CT molecular complexity index is 673. The van der Waals surface area contributed by atoms with Crippen LogP contribution in [0.25, 0.3) is 0 Å². The van der Waals surface area contributed by atoms with E-state index in [-0.39, 0.29) is 0 Å². The van der Waals surface area contributed by atoms with Crippen molar-refractivity contribution in [3.8, 4) is 0 Å². The summed E-state index contributed by atoms with van der Waals surface area (Å²) in [6.45, 7) is 0. The zero-order valence-corrected chi connectivity index (χ0v) is 13.4. The highest BCUT2D eigenvalue weighted by molar-refractivity contribution is 14.1. The summed E-state index contributed by atoms with van der Waals surface area (Å²) in [4.78, 5) is 23.6. The highest BCUT2D eigenvalue weighted by Crippen LogP contribution is 2.17. The lowest BCUT2D eigenvalue weighted by Gasteiger charge is -2.10. The molecule has 2 rings (SSSR count). The molecular formula is C15H13IN2O3. The maximum atomic E-state index is 12.0. The Morgan fingerprint density at radius 3 is 2.52 bits per heavy atom. The molecule has 21 heavy (non-hydrogen) atoms. The molecule has 2 aromatic carbocycles. The number of ether oxygens (including phenoxy) is 1. The van der Waals surface area contributed by atoms with Crippen LogP contribution in [0, 0.1) is 3.57 Å². The molecule has 0 aliphatic carbocycles. The summed E-state index contributed by atoms with van der Waals surface area (Å²) in [7, 11) is 1.30. The Labute approximate surface area is 135 Å². The van der Waals surface area contributed by atoms with Gasteiger partial charge in [-0.3, -0.25) is 0 Å². The molecule has 0 fully saturated rings. The van der Waals surface area contributed by atoms with Crippen LogP contribution >= 0.6 is 22.6 Å². The second-order valence-electron chi connectivity index (χ2n) is 4.13. The van der Waals surface area contributed by atoms with Crippen LogP contribution in [0.2, 0.25) is 0 Å². The van der Waals surface area contributed by atoms with Crippen molar-refractivity contribution in [2.75, 3.05) is 17.7 Å². The second kappa shape index (κ2) is 7.07. The molecule has 6 heteroatoms. The molecule has 0 spiro atoms. The van der Waals surface area contributed by atoms with E-state index in [0.717, 1.165) is 3.57 Å². The van der Waals surface area contributed by atoms with Crippen molar-refractivity contribution in [3.63, 3.8) is 0 Å². The monoisotopic (exact) mass is 396 g/mol. The molecule has 0 heterocycles. The number of carbonyl (C=O) groups is 2. The molecule has 0 saturated heterocycles. The minimum Gasteiger partial charge on any atom is -0.465 e. The first kappa shape index (κ1) is 15.3. The number of hydrogen-bond donors (Lipinski definition) is 2. The SMILES string of the molecule is COC(=O)c1ccccc1NC(=O)Nc1cccc(I)c1. The van der Waals surface area contributed by atoms with Crippen molar-refractivity contribution in [2.24, 2.45) is 0 Å². The fourth-order valence-corrected chi connectivity index (χ4v) is 2.27. The maximum Gasteiger partial charge on any atom is 0.339 e. The summed E-state index contributed by atoms with van der Waals surface area (Å²) in [6.07, 6.45) is 0. The largest absolute Gasteiger partial charge is 0.465 e. The Morgan fingerprint density at radius 2 is 1.81 bits per heavy atom. The Balaban J connectivity index is 2.11. The number of amides is 2. The minimum absolute atomic E-state index is 0.304. The minimum atomic E-state index is -0.500. The van der Waals surface area contributed by atoms with Crippen LogP contribution in [0.5, 0.6) is 0 Å². The van der Waals surface area contributed by atoms with Gasteiger partial charge in [-0.15, -0.1) is 0 Å². The summed E-state index contributed by atoms with van der Waals surface area (Å²) >= 11 is 2.16. The predicted octanol–water partition coefficient (Wildman–Crippen LogP) is 3.72. The zero-order valence-electron chi connectivity index (χ0n) is 11.2. The standard InChI is InChI=1S/C15H13IN2O3/c1-21-14(19)12-7-2-3-8-13(12)18-15(20)17-11-6-4-5-10(16)9-11/h2-9H,1H3,(H2,17,18,20). The lowest BCUT2D eigenvalue weighted by atomic mass is 10.2. The van der Waals surface area contributed by atoms with E-state index in [2.05, 4.69) is 38.0 Å². The number of anilines is 2. The number of para-hydroxylation sites is 1. The van der Waals surface area contributed by atoms with Crippen LogP contribution in [0.4, 0.5) is 16.2 Å². The molecule has 2 amide bonds. The van der Waals surface area contributed by atoms with E-state index in [4.69, 9.17) is 0 Å².